The van der Waals surface area contributed by atoms with Gasteiger partial charge in [0.15, 0.2) is 0 Å². The Morgan fingerprint density at radius 2 is 1.70 bits per heavy atom. The molecule has 33 heavy (non-hydrogen) atoms. The lowest BCUT2D eigenvalue weighted by Crippen LogP contribution is -2.27. The number of halogens is 1. The third kappa shape index (κ3) is 3.99. The minimum absolute atomic E-state index is 0.0977. The van der Waals surface area contributed by atoms with Gasteiger partial charge in [0.2, 0.25) is 10.0 Å². The van der Waals surface area contributed by atoms with Crippen molar-refractivity contribution in [3.05, 3.63) is 96.1 Å². The number of fused-ring (bicyclic) bond motifs is 1. The summed E-state index contributed by atoms with van der Waals surface area (Å²) in [5, 5.41) is 0. The van der Waals surface area contributed by atoms with E-state index < -0.39 is 15.8 Å². The average molecular weight is 461 g/mol. The number of hydrogen-bond acceptors (Lipinski definition) is 5. The van der Waals surface area contributed by atoms with Crippen LogP contribution in [0.2, 0.25) is 0 Å². The van der Waals surface area contributed by atoms with Crippen LogP contribution in [0.1, 0.15) is 23.6 Å². The smallest absolute Gasteiger partial charge is 0.241 e. The van der Waals surface area contributed by atoms with Crippen molar-refractivity contribution in [3.63, 3.8) is 0 Å². The maximum Gasteiger partial charge on any atom is 0.241 e. The average Bonchev–Trinajstić information content (AvgIpc) is 3.22. The van der Waals surface area contributed by atoms with Crippen LogP contribution < -0.4 is 10.5 Å². The van der Waals surface area contributed by atoms with Gasteiger partial charge in [0.1, 0.15) is 17.3 Å². The van der Waals surface area contributed by atoms with Gasteiger partial charge in [0.05, 0.1) is 4.90 Å². The van der Waals surface area contributed by atoms with Crippen LogP contribution in [0.5, 0.6) is 0 Å². The maximum absolute atomic E-state index is 15.0. The van der Waals surface area contributed by atoms with Gasteiger partial charge in [-0.1, -0.05) is 48.5 Å². The highest BCUT2D eigenvalue weighted by Crippen LogP contribution is 2.35. The molecular weight excluding hydrogens is 439 g/mol. The molecule has 166 valence electrons. The molecule has 0 unspecified atom stereocenters. The van der Waals surface area contributed by atoms with Gasteiger partial charge in [0.25, 0.3) is 0 Å². The fourth-order valence-corrected chi connectivity index (χ4v) is 5.78. The molecule has 6 nitrogen and oxygen atoms in total. The van der Waals surface area contributed by atoms with E-state index in [-0.39, 0.29) is 28.0 Å². The molecule has 0 bridgehead atoms. The van der Waals surface area contributed by atoms with Gasteiger partial charge in [-0.15, -0.1) is 0 Å². The molecule has 0 radical (unpaired) electrons. The van der Waals surface area contributed by atoms with Crippen LogP contribution >= 0.6 is 0 Å². The standard InChI is InChI=1S/C25H21FN4O2S/c26-21-15-17(9-11-20(21)24-25(27)29-14-13-28-24)19-7-3-4-8-23(19)33(31,32)30-22-12-10-16-5-1-2-6-18(16)22/h1-9,11,13-15,22,30H,10,12H2,(H2,27,29)/t22-/m0/s1. The van der Waals surface area contributed by atoms with Crippen molar-refractivity contribution < 1.29 is 12.8 Å². The molecule has 0 amide bonds. The Labute approximate surface area is 191 Å². The third-order valence-electron chi connectivity index (χ3n) is 5.87. The Morgan fingerprint density at radius 1 is 0.939 bits per heavy atom. The number of nitrogens with zero attached hydrogens (tertiary/aromatic N) is 2. The van der Waals surface area contributed by atoms with Crippen molar-refractivity contribution in [2.45, 2.75) is 23.8 Å². The van der Waals surface area contributed by atoms with E-state index in [1.54, 1.807) is 24.3 Å². The van der Waals surface area contributed by atoms with E-state index in [1.807, 2.05) is 24.3 Å². The minimum Gasteiger partial charge on any atom is -0.382 e. The van der Waals surface area contributed by atoms with Gasteiger partial charge in [-0.3, -0.25) is 4.98 Å². The molecule has 1 aromatic heterocycles. The van der Waals surface area contributed by atoms with Crippen molar-refractivity contribution in [1.82, 2.24) is 14.7 Å². The van der Waals surface area contributed by atoms with Crippen molar-refractivity contribution in [3.8, 4) is 22.4 Å². The summed E-state index contributed by atoms with van der Waals surface area (Å²) >= 11 is 0. The lowest BCUT2D eigenvalue weighted by molar-refractivity contribution is 0.554. The Kier molecular flexibility index (Phi) is 5.39. The first kappa shape index (κ1) is 21.2. The first-order valence-electron chi connectivity index (χ1n) is 10.5. The molecule has 0 spiro atoms. The molecule has 3 N–H and O–H groups in total. The number of nitrogens with one attached hydrogen (secondary N) is 1. The molecule has 1 atom stereocenters. The fourth-order valence-electron chi connectivity index (χ4n) is 4.30. The molecule has 1 aliphatic rings. The largest absolute Gasteiger partial charge is 0.382 e. The van der Waals surface area contributed by atoms with E-state index >= 15 is 4.39 Å². The Bertz CT molecular complexity index is 1460. The van der Waals surface area contributed by atoms with Gasteiger partial charge in [-0.05, 0) is 47.7 Å². The summed E-state index contributed by atoms with van der Waals surface area (Å²) in [7, 11) is -3.86. The molecular formula is C25H21FN4O2S. The predicted molar refractivity (Wildman–Crippen MR) is 125 cm³/mol. The summed E-state index contributed by atoms with van der Waals surface area (Å²) in [6.07, 6.45) is 4.39. The lowest BCUT2D eigenvalue weighted by Gasteiger charge is -2.17. The second-order valence-electron chi connectivity index (χ2n) is 7.89. The summed E-state index contributed by atoms with van der Waals surface area (Å²) in [5.41, 5.74) is 9.27. The van der Waals surface area contributed by atoms with Crippen LogP contribution in [0.15, 0.2) is 84.0 Å². The van der Waals surface area contributed by atoms with E-state index in [0.717, 1.165) is 17.5 Å². The van der Waals surface area contributed by atoms with Gasteiger partial charge >= 0.3 is 0 Å². The van der Waals surface area contributed by atoms with Crippen LogP contribution in [-0.4, -0.2) is 18.4 Å². The maximum atomic E-state index is 15.0. The molecule has 0 aliphatic heterocycles. The van der Waals surface area contributed by atoms with E-state index in [1.165, 1.54) is 30.6 Å². The number of benzene rings is 3. The van der Waals surface area contributed by atoms with E-state index in [0.29, 0.717) is 17.5 Å². The molecule has 5 rings (SSSR count). The Morgan fingerprint density at radius 3 is 2.52 bits per heavy atom. The van der Waals surface area contributed by atoms with Crippen LogP contribution in [0.4, 0.5) is 10.2 Å². The zero-order chi connectivity index (χ0) is 23.0. The van der Waals surface area contributed by atoms with Crippen molar-refractivity contribution in [1.29, 1.82) is 0 Å². The molecule has 0 fully saturated rings. The Balaban J connectivity index is 1.51. The molecule has 0 saturated heterocycles. The van der Waals surface area contributed by atoms with Crippen LogP contribution in [0, 0.1) is 5.82 Å². The fraction of sp³-hybridized carbons (Fsp3) is 0.120. The van der Waals surface area contributed by atoms with Crippen LogP contribution in [0.3, 0.4) is 0 Å². The van der Waals surface area contributed by atoms with E-state index in [2.05, 4.69) is 14.7 Å². The number of anilines is 1. The molecule has 0 saturated carbocycles. The number of hydrogen-bond donors (Lipinski definition) is 2. The molecule has 4 aromatic rings. The highest BCUT2D eigenvalue weighted by atomic mass is 32.2. The highest BCUT2D eigenvalue weighted by molar-refractivity contribution is 7.89. The predicted octanol–water partition coefficient (Wildman–Crippen LogP) is 4.50. The number of aromatic nitrogens is 2. The number of rotatable bonds is 5. The van der Waals surface area contributed by atoms with Crippen LogP contribution in [0.25, 0.3) is 22.4 Å². The second kappa shape index (κ2) is 8.38. The topological polar surface area (TPSA) is 98.0 Å². The summed E-state index contributed by atoms with van der Waals surface area (Å²) in [5.74, 6) is -0.447. The zero-order valence-corrected chi connectivity index (χ0v) is 18.4. The van der Waals surface area contributed by atoms with Crippen molar-refractivity contribution in [2.75, 3.05) is 5.73 Å². The van der Waals surface area contributed by atoms with E-state index in [4.69, 9.17) is 5.73 Å². The van der Waals surface area contributed by atoms with Crippen LogP contribution in [-0.2, 0) is 16.4 Å². The zero-order valence-electron chi connectivity index (χ0n) is 17.6. The SMILES string of the molecule is Nc1nccnc1-c1ccc(-c2ccccc2S(=O)(=O)N[C@H]2CCc3ccccc32)cc1F. The molecule has 3 aromatic carbocycles. The number of nitrogens with two attached hydrogens (primary N) is 1. The van der Waals surface area contributed by atoms with E-state index in [9.17, 15) is 8.42 Å². The monoisotopic (exact) mass is 460 g/mol. The lowest BCUT2D eigenvalue weighted by atomic mass is 10.0. The van der Waals surface area contributed by atoms with Crippen molar-refractivity contribution in [2.24, 2.45) is 0 Å². The summed E-state index contributed by atoms with van der Waals surface area (Å²) in [6, 6.07) is 18.6. The quantitative estimate of drug-likeness (QED) is 0.457. The number of sulfonamides is 1. The first-order chi connectivity index (χ1) is 15.9. The normalized spacial score (nSPS) is 15.4. The molecule has 8 heteroatoms. The summed E-state index contributed by atoms with van der Waals surface area (Å²) < 4.78 is 44.6. The number of nitrogen functional groups attached to an aromatic ring is 1. The van der Waals surface area contributed by atoms with Gasteiger partial charge in [-0.2, -0.15) is 0 Å². The Hall–Kier alpha value is -3.62. The van der Waals surface area contributed by atoms with Gasteiger partial charge in [-0.25, -0.2) is 22.5 Å². The number of aryl methyl sites for hydroxylation is 1. The highest BCUT2D eigenvalue weighted by Gasteiger charge is 2.28. The molecule has 1 aliphatic carbocycles. The second-order valence-corrected chi connectivity index (χ2v) is 9.57. The third-order valence-corrected chi connectivity index (χ3v) is 7.40. The van der Waals surface area contributed by atoms with Crippen molar-refractivity contribution >= 4 is 15.8 Å². The van der Waals surface area contributed by atoms with Gasteiger partial charge in [0, 0.05) is 29.6 Å². The summed E-state index contributed by atoms with van der Waals surface area (Å²) in [6.45, 7) is 0. The van der Waals surface area contributed by atoms with Gasteiger partial charge < -0.3 is 5.73 Å². The molecule has 1 heterocycles. The summed E-state index contributed by atoms with van der Waals surface area (Å²) in [4.78, 5) is 8.16. The first-order valence-corrected chi connectivity index (χ1v) is 12.0. The minimum atomic E-state index is -3.86.